The maximum Gasteiger partial charge on any atom is 0.338 e. The first-order valence-electron chi connectivity index (χ1n) is 4.68. The molecule has 0 aliphatic carbocycles. The van der Waals surface area contributed by atoms with E-state index in [0.29, 0.717) is 0 Å². The molecule has 0 aliphatic heterocycles. The maximum atomic E-state index is 11.4. The summed E-state index contributed by atoms with van der Waals surface area (Å²) in [6.45, 7) is 0.0695. The van der Waals surface area contributed by atoms with Crippen LogP contribution in [-0.4, -0.2) is 17.5 Å². The van der Waals surface area contributed by atoms with Crippen LogP contribution in [0, 0.1) is 22.5 Å². The number of hydrogen-bond acceptors (Lipinski definition) is 4. The Labute approximate surface area is 97.9 Å². The standard InChI is InChI=1S/C12H9NO4/c1-2-3-4-9-17-12(14)10-5-7-11(8-6-10)13(15)16/h1,3-8H,9H2. The highest BCUT2D eigenvalue weighted by molar-refractivity contribution is 5.89. The number of esters is 1. The lowest BCUT2D eigenvalue weighted by Crippen LogP contribution is -2.05. The van der Waals surface area contributed by atoms with Crippen LogP contribution in [-0.2, 0) is 4.74 Å². The van der Waals surface area contributed by atoms with Crippen molar-refractivity contribution in [3.05, 3.63) is 52.1 Å². The number of carbonyl (C=O) groups is 1. The van der Waals surface area contributed by atoms with Crippen molar-refractivity contribution >= 4 is 11.7 Å². The summed E-state index contributed by atoms with van der Waals surface area (Å²) < 4.78 is 4.84. The average Bonchev–Trinajstić information content (AvgIpc) is 2.34. The van der Waals surface area contributed by atoms with Crippen molar-refractivity contribution in [1.82, 2.24) is 0 Å². The van der Waals surface area contributed by atoms with E-state index in [4.69, 9.17) is 11.2 Å². The summed E-state index contributed by atoms with van der Waals surface area (Å²) in [7, 11) is 0. The number of nitro benzene ring substituents is 1. The molecule has 5 nitrogen and oxygen atoms in total. The number of allylic oxidation sites excluding steroid dienone is 1. The summed E-state index contributed by atoms with van der Waals surface area (Å²) in [6, 6.07) is 5.17. The summed E-state index contributed by atoms with van der Waals surface area (Å²) in [5.41, 5.74) is 0.179. The fraction of sp³-hybridized carbons (Fsp3) is 0.0833. The number of nitrogens with zero attached hydrogens (tertiary/aromatic N) is 1. The number of terminal acetylenes is 1. The van der Waals surface area contributed by atoms with E-state index in [9.17, 15) is 14.9 Å². The average molecular weight is 231 g/mol. The first-order chi connectivity index (χ1) is 8.15. The highest BCUT2D eigenvalue weighted by atomic mass is 16.6. The highest BCUT2D eigenvalue weighted by Gasteiger charge is 2.09. The second-order valence-corrected chi connectivity index (χ2v) is 2.97. The number of ether oxygens (including phenoxy) is 1. The molecule has 0 aliphatic rings. The van der Waals surface area contributed by atoms with Gasteiger partial charge in [0.2, 0.25) is 0 Å². The van der Waals surface area contributed by atoms with Gasteiger partial charge in [0.1, 0.15) is 6.61 Å². The molecule has 0 radical (unpaired) electrons. The molecule has 17 heavy (non-hydrogen) atoms. The summed E-state index contributed by atoms with van der Waals surface area (Å²) in [5, 5.41) is 10.4. The Morgan fingerprint density at radius 3 is 2.65 bits per heavy atom. The van der Waals surface area contributed by atoms with E-state index in [0.717, 1.165) is 0 Å². The highest BCUT2D eigenvalue weighted by Crippen LogP contribution is 2.12. The van der Waals surface area contributed by atoms with Gasteiger partial charge >= 0.3 is 5.97 Å². The van der Waals surface area contributed by atoms with Crippen LogP contribution in [0.1, 0.15) is 10.4 Å². The smallest absolute Gasteiger partial charge is 0.338 e. The van der Waals surface area contributed by atoms with Gasteiger partial charge in [0, 0.05) is 12.1 Å². The SMILES string of the molecule is C#CC=CCOC(=O)c1ccc([N+](=O)[O-])cc1. The molecule has 0 heterocycles. The predicted molar refractivity (Wildman–Crippen MR) is 61.4 cm³/mol. The number of benzene rings is 1. The summed E-state index contributed by atoms with van der Waals surface area (Å²) in [4.78, 5) is 21.3. The van der Waals surface area contributed by atoms with Gasteiger partial charge in [-0.25, -0.2) is 4.79 Å². The lowest BCUT2D eigenvalue weighted by molar-refractivity contribution is -0.384. The largest absolute Gasteiger partial charge is 0.458 e. The van der Waals surface area contributed by atoms with Gasteiger partial charge in [-0.1, -0.05) is 5.92 Å². The molecule has 0 fully saturated rings. The Hall–Kier alpha value is -2.61. The third-order valence-corrected chi connectivity index (χ3v) is 1.84. The summed E-state index contributed by atoms with van der Waals surface area (Å²) >= 11 is 0. The monoisotopic (exact) mass is 231 g/mol. The number of non-ortho nitro benzene ring substituents is 1. The van der Waals surface area contributed by atoms with Crippen molar-refractivity contribution in [3.63, 3.8) is 0 Å². The lowest BCUT2D eigenvalue weighted by Gasteiger charge is -2.00. The molecular weight excluding hydrogens is 222 g/mol. The van der Waals surface area contributed by atoms with Crippen LogP contribution in [0.3, 0.4) is 0 Å². The normalized spacial score (nSPS) is 9.82. The van der Waals surface area contributed by atoms with E-state index in [1.807, 2.05) is 0 Å². The zero-order valence-corrected chi connectivity index (χ0v) is 8.83. The van der Waals surface area contributed by atoms with Crippen LogP contribution in [0.5, 0.6) is 0 Å². The summed E-state index contributed by atoms with van der Waals surface area (Å²) in [6.07, 6.45) is 7.90. The Kier molecular flexibility index (Phi) is 4.45. The zero-order valence-electron chi connectivity index (χ0n) is 8.83. The van der Waals surface area contributed by atoms with Crippen LogP contribution >= 0.6 is 0 Å². The first-order valence-corrected chi connectivity index (χ1v) is 4.68. The zero-order chi connectivity index (χ0) is 12.7. The van der Waals surface area contributed by atoms with Gasteiger partial charge in [-0.05, 0) is 24.3 Å². The Bertz CT molecular complexity index is 482. The van der Waals surface area contributed by atoms with Gasteiger partial charge in [-0.3, -0.25) is 10.1 Å². The Balaban J connectivity index is 2.61. The molecule has 1 rings (SSSR count). The van der Waals surface area contributed by atoms with E-state index in [1.165, 1.54) is 36.4 Å². The summed E-state index contributed by atoms with van der Waals surface area (Å²) in [5.74, 6) is 1.70. The fourth-order valence-corrected chi connectivity index (χ4v) is 1.04. The number of nitro groups is 1. The first kappa shape index (κ1) is 12.5. The molecule has 0 spiro atoms. The van der Waals surface area contributed by atoms with Crippen molar-refractivity contribution in [3.8, 4) is 12.3 Å². The minimum atomic E-state index is -0.554. The fourth-order valence-electron chi connectivity index (χ4n) is 1.04. The lowest BCUT2D eigenvalue weighted by atomic mass is 10.2. The van der Waals surface area contributed by atoms with Gasteiger partial charge in [0.05, 0.1) is 10.5 Å². The molecular formula is C12H9NO4. The van der Waals surface area contributed by atoms with Crippen LogP contribution in [0.2, 0.25) is 0 Å². The van der Waals surface area contributed by atoms with Gasteiger partial charge in [0.15, 0.2) is 0 Å². The van der Waals surface area contributed by atoms with E-state index < -0.39 is 10.9 Å². The second kappa shape index (κ2) is 6.08. The topological polar surface area (TPSA) is 69.4 Å². The molecule has 0 saturated heterocycles. The molecule has 86 valence electrons. The van der Waals surface area contributed by atoms with Crippen LogP contribution in [0.15, 0.2) is 36.4 Å². The van der Waals surface area contributed by atoms with E-state index in [1.54, 1.807) is 0 Å². The molecule has 0 unspecified atom stereocenters. The van der Waals surface area contributed by atoms with Crippen molar-refractivity contribution < 1.29 is 14.5 Å². The van der Waals surface area contributed by atoms with Crippen LogP contribution in [0.4, 0.5) is 5.69 Å². The third-order valence-electron chi connectivity index (χ3n) is 1.84. The molecule has 0 aromatic heterocycles. The van der Waals surface area contributed by atoms with E-state index in [2.05, 4.69) is 5.92 Å². The van der Waals surface area contributed by atoms with Crippen molar-refractivity contribution in [1.29, 1.82) is 0 Å². The maximum absolute atomic E-state index is 11.4. The third kappa shape index (κ3) is 3.80. The van der Waals surface area contributed by atoms with Crippen LogP contribution < -0.4 is 0 Å². The number of rotatable bonds is 4. The molecule has 0 N–H and O–H groups in total. The van der Waals surface area contributed by atoms with Crippen molar-refractivity contribution in [2.45, 2.75) is 0 Å². The molecule has 0 saturated carbocycles. The Morgan fingerprint density at radius 1 is 1.47 bits per heavy atom. The van der Waals surface area contributed by atoms with Gasteiger partial charge in [-0.2, -0.15) is 0 Å². The molecule has 0 bridgehead atoms. The Morgan fingerprint density at radius 2 is 2.12 bits per heavy atom. The predicted octanol–water partition coefficient (Wildman–Crippen LogP) is 1.94. The van der Waals surface area contributed by atoms with Gasteiger partial charge in [0.25, 0.3) is 5.69 Å². The van der Waals surface area contributed by atoms with Gasteiger partial charge in [-0.15, -0.1) is 6.42 Å². The van der Waals surface area contributed by atoms with Crippen LogP contribution in [0.25, 0.3) is 0 Å². The van der Waals surface area contributed by atoms with Gasteiger partial charge < -0.3 is 4.74 Å². The van der Waals surface area contributed by atoms with E-state index >= 15 is 0 Å². The molecule has 0 atom stereocenters. The quantitative estimate of drug-likeness (QED) is 0.343. The molecule has 1 aromatic rings. The molecule has 5 heteroatoms. The minimum Gasteiger partial charge on any atom is -0.458 e. The molecule has 0 amide bonds. The number of hydrogen-bond donors (Lipinski definition) is 0. The minimum absolute atomic E-state index is 0.0695. The van der Waals surface area contributed by atoms with E-state index in [-0.39, 0.29) is 17.9 Å². The molecule has 1 aromatic carbocycles. The second-order valence-electron chi connectivity index (χ2n) is 2.97. The number of carbonyl (C=O) groups excluding carboxylic acids is 1. The van der Waals surface area contributed by atoms with Crippen molar-refractivity contribution in [2.75, 3.05) is 6.61 Å². The van der Waals surface area contributed by atoms with Crippen molar-refractivity contribution in [2.24, 2.45) is 0 Å².